The Morgan fingerprint density at radius 2 is 1.71 bits per heavy atom. The van der Waals surface area contributed by atoms with Crippen LogP contribution in [0.15, 0.2) is 77.9 Å². The first-order chi connectivity index (χ1) is 13.6. The van der Waals surface area contributed by atoms with Crippen LogP contribution in [-0.2, 0) is 15.3 Å². The zero-order valence-electron chi connectivity index (χ0n) is 14.4. The third-order valence-electron chi connectivity index (χ3n) is 4.71. The molecule has 3 aromatic carbocycles. The fraction of sp³-hybridized carbons (Fsp3) is 0.0476. The SMILES string of the molecule is O=C1Nc2ccc(Cl)cc2C12OC(c1ccccc1)=NN2c1cccc(Cl)c1. The maximum Gasteiger partial charge on any atom is 0.311 e. The molecule has 0 radical (unpaired) electrons. The smallest absolute Gasteiger partial charge is 0.311 e. The Morgan fingerprint density at radius 3 is 2.50 bits per heavy atom. The van der Waals surface area contributed by atoms with Gasteiger partial charge in [0, 0.05) is 15.6 Å². The lowest BCUT2D eigenvalue weighted by atomic mass is 10.0. The van der Waals surface area contributed by atoms with Crippen LogP contribution in [0, 0.1) is 0 Å². The summed E-state index contributed by atoms with van der Waals surface area (Å²) in [6, 6.07) is 21.7. The van der Waals surface area contributed by atoms with Gasteiger partial charge in [-0.15, -0.1) is 5.10 Å². The van der Waals surface area contributed by atoms with Gasteiger partial charge in [0.1, 0.15) is 0 Å². The number of rotatable bonds is 2. The number of halogens is 2. The first-order valence-corrected chi connectivity index (χ1v) is 9.34. The standard InChI is InChI=1S/C21H13Cl2N3O2/c22-14-7-4-8-16(11-14)26-21(28-19(25-26)13-5-2-1-3-6-13)17-12-15(23)9-10-18(17)24-20(21)27/h1-12H,(H,24,27). The highest BCUT2D eigenvalue weighted by Gasteiger charge is 2.59. The molecule has 138 valence electrons. The second-order valence-corrected chi connectivity index (χ2v) is 7.33. The van der Waals surface area contributed by atoms with Gasteiger partial charge in [-0.1, -0.05) is 47.5 Å². The number of hydrazone groups is 1. The Kier molecular flexibility index (Phi) is 3.82. The summed E-state index contributed by atoms with van der Waals surface area (Å²) in [5, 5.41) is 10.1. The molecular weight excluding hydrogens is 397 g/mol. The van der Waals surface area contributed by atoms with Gasteiger partial charge in [-0.2, -0.15) is 0 Å². The Balaban J connectivity index is 1.73. The van der Waals surface area contributed by atoms with Crippen molar-refractivity contribution in [3.05, 3.63) is 94.0 Å². The molecule has 1 spiro atoms. The lowest BCUT2D eigenvalue weighted by Gasteiger charge is -2.30. The second kappa shape index (κ2) is 6.26. The van der Waals surface area contributed by atoms with Crippen LogP contribution in [0.25, 0.3) is 0 Å². The number of ether oxygens (including phenoxy) is 1. The van der Waals surface area contributed by atoms with E-state index in [1.54, 1.807) is 41.4 Å². The predicted octanol–water partition coefficient (Wildman–Crippen LogP) is 5.00. The summed E-state index contributed by atoms with van der Waals surface area (Å²) in [6.45, 7) is 0. The third kappa shape index (κ3) is 2.47. The maximum atomic E-state index is 13.2. The van der Waals surface area contributed by atoms with Crippen LogP contribution in [0.1, 0.15) is 11.1 Å². The van der Waals surface area contributed by atoms with Gasteiger partial charge in [0.05, 0.1) is 16.9 Å². The molecule has 2 aliphatic heterocycles. The van der Waals surface area contributed by atoms with Gasteiger partial charge in [0.25, 0.3) is 5.91 Å². The highest BCUT2D eigenvalue weighted by molar-refractivity contribution is 6.31. The summed E-state index contributed by atoms with van der Waals surface area (Å²) in [5.74, 6) is -0.0111. The van der Waals surface area contributed by atoms with Crippen molar-refractivity contribution in [2.75, 3.05) is 10.3 Å². The predicted molar refractivity (Wildman–Crippen MR) is 110 cm³/mol. The molecule has 1 unspecified atom stereocenters. The van der Waals surface area contributed by atoms with Gasteiger partial charge in [-0.3, -0.25) is 4.79 Å². The number of carbonyl (C=O) groups is 1. The van der Waals surface area contributed by atoms with Gasteiger partial charge in [0.15, 0.2) is 0 Å². The van der Waals surface area contributed by atoms with Crippen LogP contribution in [0.5, 0.6) is 0 Å². The van der Waals surface area contributed by atoms with E-state index in [0.717, 1.165) is 5.56 Å². The Morgan fingerprint density at radius 1 is 0.929 bits per heavy atom. The van der Waals surface area contributed by atoms with Crippen LogP contribution in [0.3, 0.4) is 0 Å². The van der Waals surface area contributed by atoms with Gasteiger partial charge < -0.3 is 10.1 Å². The highest BCUT2D eigenvalue weighted by atomic mass is 35.5. The largest absolute Gasteiger partial charge is 0.433 e. The van der Waals surface area contributed by atoms with Gasteiger partial charge in [-0.05, 0) is 48.5 Å². The molecular formula is C21H13Cl2N3O2. The highest BCUT2D eigenvalue weighted by Crippen LogP contribution is 2.48. The molecule has 0 aromatic heterocycles. The molecule has 1 N–H and O–H groups in total. The van der Waals surface area contributed by atoms with E-state index in [4.69, 9.17) is 27.9 Å². The van der Waals surface area contributed by atoms with Crippen molar-refractivity contribution in [1.82, 2.24) is 0 Å². The number of benzene rings is 3. The molecule has 0 saturated heterocycles. The monoisotopic (exact) mass is 409 g/mol. The molecule has 5 rings (SSSR count). The van der Waals surface area contributed by atoms with Crippen molar-refractivity contribution in [3.63, 3.8) is 0 Å². The topological polar surface area (TPSA) is 53.9 Å². The maximum absolute atomic E-state index is 13.2. The minimum absolute atomic E-state index is 0.337. The average molecular weight is 410 g/mol. The number of fused-ring (bicyclic) bond motifs is 2. The molecule has 1 amide bonds. The fourth-order valence-corrected chi connectivity index (χ4v) is 3.81. The van der Waals surface area contributed by atoms with Crippen molar-refractivity contribution in [2.45, 2.75) is 5.72 Å². The fourth-order valence-electron chi connectivity index (χ4n) is 3.46. The molecule has 5 nitrogen and oxygen atoms in total. The molecule has 2 aliphatic rings. The first kappa shape index (κ1) is 17.1. The number of hydrogen-bond donors (Lipinski definition) is 1. The molecule has 0 fully saturated rings. The number of hydrogen-bond acceptors (Lipinski definition) is 4. The molecule has 2 heterocycles. The van der Waals surface area contributed by atoms with E-state index in [-0.39, 0.29) is 5.91 Å². The minimum atomic E-state index is -1.50. The summed E-state index contributed by atoms with van der Waals surface area (Å²) in [7, 11) is 0. The van der Waals surface area contributed by atoms with E-state index in [9.17, 15) is 4.79 Å². The van der Waals surface area contributed by atoms with E-state index in [1.165, 1.54) is 0 Å². The van der Waals surface area contributed by atoms with Crippen molar-refractivity contribution in [2.24, 2.45) is 5.10 Å². The van der Waals surface area contributed by atoms with Gasteiger partial charge >= 0.3 is 5.72 Å². The number of nitrogens with zero attached hydrogens (tertiary/aromatic N) is 2. The van der Waals surface area contributed by atoms with Crippen molar-refractivity contribution >= 4 is 46.4 Å². The number of amides is 1. The van der Waals surface area contributed by atoms with Gasteiger partial charge in [-0.25, -0.2) is 5.01 Å². The number of nitrogens with one attached hydrogen (secondary N) is 1. The zero-order chi connectivity index (χ0) is 19.3. The van der Waals surface area contributed by atoms with Crippen molar-refractivity contribution < 1.29 is 9.53 Å². The zero-order valence-corrected chi connectivity index (χ0v) is 15.9. The van der Waals surface area contributed by atoms with E-state index in [1.807, 2.05) is 36.4 Å². The van der Waals surface area contributed by atoms with Crippen LogP contribution in [-0.4, -0.2) is 11.8 Å². The van der Waals surface area contributed by atoms with E-state index in [0.29, 0.717) is 32.9 Å². The normalized spacial score (nSPS) is 20.0. The molecule has 0 saturated carbocycles. The molecule has 1 atom stereocenters. The Hall–Kier alpha value is -3.02. The quantitative estimate of drug-likeness (QED) is 0.647. The summed E-state index contributed by atoms with van der Waals surface area (Å²) in [6.07, 6.45) is 0. The van der Waals surface area contributed by atoms with E-state index in [2.05, 4.69) is 10.4 Å². The second-order valence-electron chi connectivity index (χ2n) is 6.45. The molecule has 28 heavy (non-hydrogen) atoms. The summed E-state index contributed by atoms with van der Waals surface area (Å²) in [4.78, 5) is 13.2. The molecule has 0 aliphatic carbocycles. The van der Waals surface area contributed by atoms with Gasteiger partial charge in [0.2, 0.25) is 5.90 Å². The molecule has 0 bridgehead atoms. The van der Waals surface area contributed by atoms with Crippen molar-refractivity contribution in [1.29, 1.82) is 0 Å². The summed E-state index contributed by atoms with van der Waals surface area (Å²) >= 11 is 12.4. The van der Waals surface area contributed by atoms with Crippen LogP contribution < -0.4 is 10.3 Å². The van der Waals surface area contributed by atoms with Crippen LogP contribution in [0.2, 0.25) is 10.0 Å². The lowest BCUT2D eigenvalue weighted by Crippen LogP contribution is -2.47. The third-order valence-corrected chi connectivity index (χ3v) is 5.18. The molecule has 7 heteroatoms. The van der Waals surface area contributed by atoms with Crippen LogP contribution >= 0.6 is 23.2 Å². The van der Waals surface area contributed by atoms with Crippen LogP contribution in [0.4, 0.5) is 11.4 Å². The number of anilines is 2. The van der Waals surface area contributed by atoms with E-state index < -0.39 is 5.72 Å². The Bertz CT molecular complexity index is 1130. The van der Waals surface area contributed by atoms with E-state index >= 15 is 0 Å². The minimum Gasteiger partial charge on any atom is -0.433 e. The number of carbonyl (C=O) groups excluding carboxylic acids is 1. The summed E-state index contributed by atoms with van der Waals surface area (Å²) in [5.41, 5.74) is 1.11. The average Bonchev–Trinajstić information content (AvgIpc) is 3.23. The molecule has 3 aromatic rings. The first-order valence-electron chi connectivity index (χ1n) is 8.58. The van der Waals surface area contributed by atoms with Crippen molar-refractivity contribution in [3.8, 4) is 0 Å². The lowest BCUT2D eigenvalue weighted by molar-refractivity contribution is -0.130. The summed E-state index contributed by atoms with van der Waals surface area (Å²) < 4.78 is 6.26. The Labute approximate surface area is 171 Å².